The summed E-state index contributed by atoms with van der Waals surface area (Å²) < 4.78 is 7.24. The van der Waals surface area contributed by atoms with Crippen LogP contribution in [0.3, 0.4) is 0 Å². The number of nitrogens with zero attached hydrogens (tertiary/aromatic N) is 1. The Kier molecular flexibility index (Phi) is 6.91. The number of nitrogens with one attached hydrogen (secondary N) is 1. The number of hydrogen-bond donors (Lipinski definition) is 1. The highest BCUT2D eigenvalue weighted by Crippen LogP contribution is 2.24. The van der Waals surface area contributed by atoms with Crippen molar-refractivity contribution in [3.8, 4) is 0 Å². The number of methoxy groups -OCH3 is 1. The molecule has 1 heterocycles. The molecule has 0 aliphatic rings. The second-order valence-electron chi connectivity index (χ2n) is 6.62. The van der Waals surface area contributed by atoms with E-state index in [9.17, 15) is 4.79 Å². The SMILES string of the molecule is COCCCNC(=O)CCc1cn(Cc2ccc(Cl)cc2)c2ccccc12. The summed E-state index contributed by atoms with van der Waals surface area (Å²) in [4.78, 5) is 12.1. The number of para-hydroxylation sites is 1. The second-order valence-corrected chi connectivity index (χ2v) is 7.06. The van der Waals surface area contributed by atoms with Crippen molar-refractivity contribution in [3.63, 3.8) is 0 Å². The van der Waals surface area contributed by atoms with Crippen LogP contribution in [-0.4, -0.2) is 30.7 Å². The van der Waals surface area contributed by atoms with Gasteiger partial charge in [0.15, 0.2) is 0 Å². The fourth-order valence-electron chi connectivity index (χ4n) is 3.22. The topological polar surface area (TPSA) is 43.3 Å². The van der Waals surface area contributed by atoms with Gasteiger partial charge in [0, 0.05) is 55.3 Å². The van der Waals surface area contributed by atoms with Crippen LogP contribution in [0.1, 0.15) is 24.0 Å². The van der Waals surface area contributed by atoms with E-state index >= 15 is 0 Å². The highest BCUT2D eigenvalue weighted by atomic mass is 35.5. The number of benzene rings is 2. The Labute approximate surface area is 165 Å². The van der Waals surface area contributed by atoms with Crippen LogP contribution in [0.5, 0.6) is 0 Å². The summed E-state index contributed by atoms with van der Waals surface area (Å²) in [5.74, 6) is 0.0839. The molecule has 0 unspecified atom stereocenters. The number of halogens is 1. The molecule has 142 valence electrons. The van der Waals surface area contributed by atoms with Crippen LogP contribution in [0.4, 0.5) is 0 Å². The third-order valence-corrected chi connectivity index (χ3v) is 4.86. The molecular weight excluding hydrogens is 360 g/mol. The lowest BCUT2D eigenvalue weighted by Crippen LogP contribution is -2.25. The highest BCUT2D eigenvalue weighted by Gasteiger charge is 2.10. The summed E-state index contributed by atoms with van der Waals surface area (Å²) in [6.45, 7) is 2.10. The number of carbonyl (C=O) groups excluding carboxylic acids is 1. The predicted octanol–water partition coefficient (Wildman–Crippen LogP) is 4.43. The number of aromatic nitrogens is 1. The minimum atomic E-state index is 0.0839. The van der Waals surface area contributed by atoms with Crippen LogP contribution in [0.15, 0.2) is 54.7 Å². The molecule has 5 heteroatoms. The normalized spacial score (nSPS) is 11.0. The van der Waals surface area contributed by atoms with Gasteiger partial charge in [0.25, 0.3) is 0 Å². The number of amides is 1. The van der Waals surface area contributed by atoms with Crippen LogP contribution in [0, 0.1) is 0 Å². The summed E-state index contributed by atoms with van der Waals surface area (Å²) in [5.41, 5.74) is 3.58. The molecule has 4 nitrogen and oxygen atoms in total. The molecule has 0 bridgehead atoms. The van der Waals surface area contributed by atoms with Crippen molar-refractivity contribution >= 4 is 28.4 Å². The third-order valence-electron chi connectivity index (χ3n) is 4.61. The standard InChI is InChI=1S/C22H25ClN2O2/c1-27-14-4-13-24-22(26)12-9-18-16-25(21-6-3-2-5-20(18)21)15-17-7-10-19(23)11-8-17/h2-3,5-8,10-11,16H,4,9,12-15H2,1H3,(H,24,26). The zero-order valence-corrected chi connectivity index (χ0v) is 16.3. The number of ether oxygens (including phenoxy) is 1. The molecule has 0 radical (unpaired) electrons. The molecule has 27 heavy (non-hydrogen) atoms. The van der Waals surface area contributed by atoms with E-state index in [1.165, 1.54) is 22.0 Å². The van der Waals surface area contributed by atoms with Gasteiger partial charge in [-0.25, -0.2) is 0 Å². The Balaban J connectivity index is 1.69. The van der Waals surface area contributed by atoms with Gasteiger partial charge in [0.1, 0.15) is 0 Å². The fourth-order valence-corrected chi connectivity index (χ4v) is 3.35. The van der Waals surface area contributed by atoms with Crippen LogP contribution < -0.4 is 5.32 Å². The maximum atomic E-state index is 12.1. The molecule has 0 aliphatic carbocycles. The van der Waals surface area contributed by atoms with Crippen LogP contribution in [-0.2, 0) is 22.5 Å². The van der Waals surface area contributed by atoms with Gasteiger partial charge >= 0.3 is 0 Å². The molecule has 2 aromatic carbocycles. The smallest absolute Gasteiger partial charge is 0.220 e. The molecule has 1 aromatic heterocycles. The molecule has 1 amide bonds. The minimum absolute atomic E-state index is 0.0839. The predicted molar refractivity (Wildman–Crippen MR) is 110 cm³/mol. The van der Waals surface area contributed by atoms with E-state index in [4.69, 9.17) is 16.3 Å². The van der Waals surface area contributed by atoms with Gasteiger partial charge in [-0.1, -0.05) is 41.9 Å². The number of fused-ring (bicyclic) bond motifs is 1. The van der Waals surface area contributed by atoms with Gasteiger partial charge in [-0.15, -0.1) is 0 Å². The first kappa shape index (κ1) is 19.5. The molecule has 1 N–H and O–H groups in total. The molecule has 0 atom stereocenters. The van der Waals surface area contributed by atoms with Crippen molar-refractivity contribution in [2.75, 3.05) is 20.3 Å². The number of rotatable bonds is 9. The Morgan fingerprint density at radius 1 is 1.15 bits per heavy atom. The Bertz CT molecular complexity index is 887. The fraction of sp³-hybridized carbons (Fsp3) is 0.318. The molecule has 0 saturated heterocycles. The second kappa shape index (κ2) is 9.58. The van der Waals surface area contributed by atoms with Crippen LogP contribution in [0.25, 0.3) is 10.9 Å². The number of hydrogen-bond acceptors (Lipinski definition) is 2. The van der Waals surface area contributed by atoms with E-state index in [-0.39, 0.29) is 5.91 Å². The molecular formula is C22H25ClN2O2. The average Bonchev–Trinajstić information content (AvgIpc) is 3.03. The average molecular weight is 385 g/mol. The zero-order chi connectivity index (χ0) is 19.1. The highest BCUT2D eigenvalue weighted by molar-refractivity contribution is 6.30. The van der Waals surface area contributed by atoms with E-state index < -0.39 is 0 Å². The lowest BCUT2D eigenvalue weighted by Gasteiger charge is -2.05. The van der Waals surface area contributed by atoms with Crippen LogP contribution in [0.2, 0.25) is 5.02 Å². The van der Waals surface area contributed by atoms with Crippen molar-refractivity contribution in [2.24, 2.45) is 0 Å². The van der Waals surface area contributed by atoms with Gasteiger partial charge < -0.3 is 14.6 Å². The van der Waals surface area contributed by atoms with E-state index in [0.29, 0.717) is 19.6 Å². The summed E-state index contributed by atoms with van der Waals surface area (Å²) in [5, 5.41) is 4.90. The maximum Gasteiger partial charge on any atom is 0.220 e. The van der Waals surface area contributed by atoms with Gasteiger partial charge in [0.2, 0.25) is 5.91 Å². The molecule has 3 aromatic rings. The van der Waals surface area contributed by atoms with Crippen molar-refractivity contribution in [3.05, 3.63) is 70.9 Å². The minimum Gasteiger partial charge on any atom is -0.385 e. The summed E-state index contributed by atoms with van der Waals surface area (Å²) in [6.07, 6.45) is 4.21. The Morgan fingerprint density at radius 2 is 1.93 bits per heavy atom. The van der Waals surface area contributed by atoms with Crippen molar-refractivity contribution in [2.45, 2.75) is 25.8 Å². The Hall–Kier alpha value is -2.30. The quantitative estimate of drug-likeness (QED) is 0.554. The van der Waals surface area contributed by atoms with Gasteiger partial charge in [-0.05, 0) is 42.2 Å². The Morgan fingerprint density at radius 3 is 2.70 bits per heavy atom. The lowest BCUT2D eigenvalue weighted by molar-refractivity contribution is -0.121. The van der Waals surface area contributed by atoms with E-state index in [1.54, 1.807) is 7.11 Å². The largest absolute Gasteiger partial charge is 0.385 e. The van der Waals surface area contributed by atoms with E-state index in [2.05, 4.69) is 28.2 Å². The first-order valence-electron chi connectivity index (χ1n) is 9.24. The monoisotopic (exact) mass is 384 g/mol. The number of carbonyl (C=O) groups is 1. The van der Waals surface area contributed by atoms with Crippen LogP contribution >= 0.6 is 11.6 Å². The van der Waals surface area contributed by atoms with Crippen molar-refractivity contribution in [1.29, 1.82) is 0 Å². The van der Waals surface area contributed by atoms with Gasteiger partial charge in [-0.3, -0.25) is 4.79 Å². The third kappa shape index (κ3) is 5.34. The van der Waals surface area contributed by atoms with Gasteiger partial charge in [-0.2, -0.15) is 0 Å². The van der Waals surface area contributed by atoms with Crippen molar-refractivity contribution in [1.82, 2.24) is 9.88 Å². The maximum absolute atomic E-state index is 12.1. The molecule has 0 fully saturated rings. The number of aryl methyl sites for hydroxylation is 1. The molecule has 0 spiro atoms. The van der Waals surface area contributed by atoms with Gasteiger partial charge in [0.05, 0.1) is 0 Å². The van der Waals surface area contributed by atoms with Crippen molar-refractivity contribution < 1.29 is 9.53 Å². The molecule has 0 aliphatic heterocycles. The molecule has 0 saturated carbocycles. The summed E-state index contributed by atoms with van der Waals surface area (Å²) >= 11 is 5.99. The van der Waals surface area contributed by atoms with E-state index in [0.717, 1.165) is 24.4 Å². The lowest BCUT2D eigenvalue weighted by atomic mass is 10.1. The van der Waals surface area contributed by atoms with E-state index in [1.807, 2.05) is 36.4 Å². The zero-order valence-electron chi connectivity index (χ0n) is 15.6. The summed E-state index contributed by atoms with van der Waals surface area (Å²) in [7, 11) is 1.67. The first-order chi connectivity index (χ1) is 13.2. The molecule has 3 rings (SSSR count). The summed E-state index contributed by atoms with van der Waals surface area (Å²) in [6, 6.07) is 16.3. The first-order valence-corrected chi connectivity index (χ1v) is 9.62.